The second-order valence-electron chi connectivity index (χ2n) is 13.7. The van der Waals surface area contributed by atoms with Crippen molar-refractivity contribution >= 4 is 5.97 Å². The molecule has 3 saturated heterocycles. The number of aliphatic hydroxyl groups is 1. The van der Waals surface area contributed by atoms with Crippen LogP contribution in [0.25, 0.3) is 0 Å². The number of hydrogen-bond donors (Lipinski definition) is 1. The standard InChI is InChI=1S/C43H48O12/c1-28(44)52-39-36(47-23-29-15-7-3-8-16-29)33(54-43(46-2)40(39)49-25-31-19-11-5-12-20-31)26-51-42-35(45)38(48-24-30-17-9-4-10-18-30)37-34(53-42)27-50-41(55-37)32-21-13-6-14-22-32/h3-22,33-43,45H,23-27H2,1-2H3/t33-,34-,35-,36-,37+,38-,39+,40-,41?,42-,43+/m1/s1. The van der Waals surface area contributed by atoms with Crippen molar-refractivity contribution in [2.45, 2.75) is 94.4 Å². The van der Waals surface area contributed by atoms with Crippen molar-refractivity contribution in [1.29, 1.82) is 0 Å². The highest BCUT2D eigenvalue weighted by Gasteiger charge is 2.53. The Labute approximate surface area is 321 Å². The minimum absolute atomic E-state index is 0.138. The summed E-state index contributed by atoms with van der Waals surface area (Å²) in [6.45, 7) is 1.99. The van der Waals surface area contributed by atoms with E-state index in [9.17, 15) is 9.90 Å². The van der Waals surface area contributed by atoms with Gasteiger partial charge < -0.3 is 52.5 Å². The van der Waals surface area contributed by atoms with Crippen LogP contribution in [0.4, 0.5) is 0 Å². The van der Waals surface area contributed by atoms with Crippen LogP contribution in [0.15, 0.2) is 121 Å². The first kappa shape index (κ1) is 39.2. The third kappa shape index (κ3) is 10.0. The third-order valence-corrected chi connectivity index (χ3v) is 9.79. The van der Waals surface area contributed by atoms with E-state index in [1.54, 1.807) is 0 Å². The van der Waals surface area contributed by atoms with Crippen molar-refractivity contribution < 1.29 is 57.3 Å². The molecular weight excluding hydrogens is 708 g/mol. The van der Waals surface area contributed by atoms with Gasteiger partial charge in [0.25, 0.3) is 0 Å². The highest BCUT2D eigenvalue weighted by atomic mass is 16.8. The lowest BCUT2D eigenvalue weighted by Crippen LogP contribution is -2.64. The van der Waals surface area contributed by atoms with Gasteiger partial charge >= 0.3 is 5.97 Å². The molecule has 0 bridgehead atoms. The maximum Gasteiger partial charge on any atom is 0.303 e. The molecule has 7 rings (SSSR count). The zero-order valence-electron chi connectivity index (χ0n) is 30.9. The largest absolute Gasteiger partial charge is 0.457 e. The Hall–Kier alpha value is -4.05. The SMILES string of the molecule is CO[C@H]1O[C@H](CO[C@@H]2O[C@@H]3COC(c4ccccc4)O[C@@H]3[C@H](OCc3ccccc3)[C@H]2O)[C@@H](OCc2ccccc2)[C@H](OC(C)=O)[C@H]1OCc1ccccc1. The Bertz CT molecular complexity index is 1730. The van der Waals surface area contributed by atoms with Gasteiger partial charge in [0, 0.05) is 19.6 Å². The van der Waals surface area contributed by atoms with E-state index in [1.165, 1.54) is 14.0 Å². The van der Waals surface area contributed by atoms with E-state index in [0.717, 1.165) is 22.3 Å². The Morgan fingerprint density at radius 3 is 1.71 bits per heavy atom. The zero-order valence-corrected chi connectivity index (χ0v) is 30.9. The molecular formula is C43H48O12. The molecule has 0 amide bonds. The Morgan fingerprint density at radius 2 is 1.16 bits per heavy atom. The number of benzene rings is 4. The molecule has 292 valence electrons. The average Bonchev–Trinajstić information content (AvgIpc) is 3.22. The van der Waals surface area contributed by atoms with E-state index >= 15 is 0 Å². The lowest BCUT2D eigenvalue weighted by molar-refractivity contribution is -0.374. The molecule has 3 aliphatic heterocycles. The van der Waals surface area contributed by atoms with Crippen molar-refractivity contribution in [3.05, 3.63) is 144 Å². The number of hydrogen-bond acceptors (Lipinski definition) is 12. The molecule has 3 heterocycles. The maximum absolute atomic E-state index is 12.6. The molecule has 0 spiro atoms. The minimum atomic E-state index is -1.27. The summed E-state index contributed by atoms with van der Waals surface area (Å²) in [5, 5.41) is 11.9. The lowest BCUT2D eigenvalue weighted by atomic mass is 9.96. The van der Waals surface area contributed by atoms with Crippen molar-refractivity contribution in [3.63, 3.8) is 0 Å². The topological polar surface area (TPSA) is 130 Å². The van der Waals surface area contributed by atoms with Crippen LogP contribution >= 0.6 is 0 Å². The van der Waals surface area contributed by atoms with Gasteiger partial charge in [0.05, 0.1) is 33.0 Å². The molecule has 12 nitrogen and oxygen atoms in total. The molecule has 11 atom stereocenters. The number of methoxy groups -OCH3 is 1. The quantitative estimate of drug-likeness (QED) is 0.159. The first-order valence-corrected chi connectivity index (χ1v) is 18.6. The highest BCUT2D eigenvalue weighted by Crippen LogP contribution is 2.37. The summed E-state index contributed by atoms with van der Waals surface area (Å²) >= 11 is 0. The molecule has 1 unspecified atom stereocenters. The summed E-state index contributed by atoms with van der Waals surface area (Å²) < 4.78 is 62.7. The van der Waals surface area contributed by atoms with Crippen LogP contribution in [0, 0.1) is 0 Å². The fourth-order valence-corrected chi connectivity index (χ4v) is 7.07. The van der Waals surface area contributed by atoms with Gasteiger partial charge in [-0.3, -0.25) is 4.79 Å². The van der Waals surface area contributed by atoms with E-state index in [1.807, 2.05) is 121 Å². The Kier molecular flexibility index (Phi) is 13.7. The molecule has 1 N–H and O–H groups in total. The van der Waals surface area contributed by atoms with Gasteiger partial charge in [-0.15, -0.1) is 0 Å². The van der Waals surface area contributed by atoms with Gasteiger partial charge in [0.1, 0.15) is 42.7 Å². The van der Waals surface area contributed by atoms with Crippen molar-refractivity contribution in [3.8, 4) is 0 Å². The summed E-state index contributed by atoms with van der Waals surface area (Å²) in [6, 6.07) is 38.5. The second kappa shape index (κ2) is 19.2. The first-order valence-electron chi connectivity index (χ1n) is 18.6. The fraction of sp³-hybridized carbons (Fsp3) is 0.419. The van der Waals surface area contributed by atoms with Gasteiger partial charge in [-0.2, -0.15) is 0 Å². The smallest absolute Gasteiger partial charge is 0.303 e. The number of carbonyl (C=O) groups is 1. The molecule has 12 heteroatoms. The van der Waals surface area contributed by atoms with Gasteiger partial charge in [-0.25, -0.2) is 0 Å². The predicted octanol–water partition coefficient (Wildman–Crippen LogP) is 5.26. The van der Waals surface area contributed by atoms with E-state index < -0.39 is 73.7 Å². The fourth-order valence-electron chi connectivity index (χ4n) is 7.07. The molecule has 0 aliphatic carbocycles. The maximum atomic E-state index is 12.6. The van der Waals surface area contributed by atoms with Crippen molar-refractivity contribution in [2.75, 3.05) is 20.3 Å². The third-order valence-electron chi connectivity index (χ3n) is 9.79. The van der Waals surface area contributed by atoms with Crippen molar-refractivity contribution in [2.24, 2.45) is 0 Å². The monoisotopic (exact) mass is 756 g/mol. The van der Waals surface area contributed by atoms with Crippen LogP contribution in [0.1, 0.15) is 35.5 Å². The number of aliphatic hydroxyl groups excluding tert-OH is 1. The lowest BCUT2D eigenvalue weighted by Gasteiger charge is -2.48. The summed E-state index contributed by atoms with van der Waals surface area (Å²) in [5.74, 6) is -0.523. The number of esters is 1. The Morgan fingerprint density at radius 1 is 0.636 bits per heavy atom. The zero-order chi connectivity index (χ0) is 38.0. The Balaban J connectivity index is 1.11. The van der Waals surface area contributed by atoms with Gasteiger partial charge in [-0.05, 0) is 16.7 Å². The number of ether oxygens (including phenoxy) is 10. The molecule has 0 radical (unpaired) electrons. The summed E-state index contributed by atoms with van der Waals surface area (Å²) in [6.07, 6.45) is -9.72. The predicted molar refractivity (Wildman–Crippen MR) is 197 cm³/mol. The van der Waals surface area contributed by atoms with E-state index in [2.05, 4.69) is 0 Å². The first-order chi connectivity index (χ1) is 27.0. The van der Waals surface area contributed by atoms with Crippen LogP contribution in [-0.2, 0) is 72.0 Å². The molecule has 0 aromatic heterocycles. The number of carbonyl (C=O) groups excluding carboxylic acids is 1. The van der Waals surface area contributed by atoms with Gasteiger partial charge in [-0.1, -0.05) is 121 Å². The van der Waals surface area contributed by atoms with E-state index in [4.69, 9.17) is 47.4 Å². The number of fused-ring (bicyclic) bond motifs is 1. The van der Waals surface area contributed by atoms with Crippen LogP contribution in [0.3, 0.4) is 0 Å². The van der Waals surface area contributed by atoms with E-state index in [0.29, 0.717) is 0 Å². The van der Waals surface area contributed by atoms with Gasteiger partial charge in [0.2, 0.25) is 0 Å². The minimum Gasteiger partial charge on any atom is -0.457 e. The van der Waals surface area contributed by atoms with Gasteiger partial charge in [0.15, 0.2) is 25.0 Å². The molecule has 3 fully saturated rings. The molecule has 4 aromatic carbocycles. The average molecular weight is 757 g/mol. The van der Waals surface area contributed by atoms with Crippen LogP contribution in [0.5, 0.6) is 0 Å². The second-order valence-corrected chi connectivity index (χ2v) is 13.7. The summed E-state index contributed by atoms with van der Waals surface area (Å²) in [5.41, 5.74) is 3.60. The molecule has 55 heavy (non-hydrogen) atoms. The van der Waals surface area contributed by atoms with E-state index in [-0.39, 0.29) is 33.0 Å². The molecule has 3 aliphatic rings. The molecule has 0 saturated carbocycles. The van der Waals surface area contributed by atoms with Crippen LogP contribution < -0.4 is 0 Å². The molecule has 4 aromatic rings. The van der Waals surface area contributed by atoms with Crippen molar-refractivity contribution in [1.82, 2.24) is 0 Å². The van der Waals surface area contributed by atoms with Crippen LogP contribution in [-0.4, -0.2) is 92.8 Å². The number of rotatable bonds is 15. The highest BCUT2D eigenvalue weighted by molar-refractivity contribution is 5.66. The summed E-state index contributed by atoms with van der Waals surface area (Å²) in [4.78, 5) is 12.6. The summed E-state index contributed by atoms with van der Waals surface area (Å²) in [7, 11) is 1.49. The van der Waals surface area contributed by atoms with Crippen LogP contribution in [0.2, 0.25) is 0 Å². The normalized spacial score (nSPS) is 30.6.